The summed E-state index contributed by atoms with van der Waals surface area (Å²) in [4.78, 5) is 14.4. The number of amides is 1. The van der Waals surface area contributed by atoms with Gasteiger partial charge < -0.3 is 10.6 Å². The van der Waals surface area contributed by atoms with Crippen LogP contribution in [0.15, 0.2) is 42.5 Å². The summed E-state index contributed by atoms with van der Waals surface area (Å²) in [5, 5.41) is 10.2. The van der Waals surface area contributed by atoms with Crippen molar-refractivity contribution in [3.05, 3.63) is 64.0 Å². The van der Waals surface area contributed by atoms with Crippen LogP contribution < -0.4 is 10.6 Å². The van der Waals surface area contributed by atoms with Crippen molar-refractivity contribution in [1.82, 2.24) is 5.32 Å². The Hall–Kier alpha value is -2.33. The van der Waals surface area contributed by atoms with Crippen LogP contribution in [0.5, 0.6) is 0 Å². The van der Waals surface area contributed by atoms with Crippen molar-refractivity contribution in [3.63, 3.8) is 0 Å². The van der Waals surface area contributed by atoms with E-state index in [4.69, 9.17) is 0 Å². The molecule has 0 spiro atoms. The molecule has 4 heteroatoms. The van der Waals surface area contributed by atoms with E-state index in [9.17, 15) is 4.79 Å². The topological polar surface area (TPSA) is 41.1 Å². The standard InChI is InChI=1S/C22H22N2OS/c1-2-13-10-11-17-18(12-13)26-22-19(17)21(25)23-20(24-22)16-9-5-7-14-6-3-4-8-15(14)16/h3-9,13,20,24H,2,10-12H2,1H3,(H,23,25)/t13-,20-/m1/s1. The fraction of sp³-hybridized carbons (Fsp3) is 0.318. The number of hydrogen-bond acceptors (Lipinski definition) is 3. The van der Waals surface area contributed by atoms with Crippen molar-refractivity contribution >= 4 is 33.0 Å². The van der Waals surface area contributed by atoms with Crippen LogP contribution in [0, 0.1) is 5.92 Å². The maximum absolute atomic E-state index is 12.9. The van der Waals surface area contributed by atoms with Gasteiger partial charge in [-0.05, 0) is 41.5 Å². The van der Waals surface area contributed by atoms with Gasteiger partial charge in [-0.3, -0.25) is 4.79 Å². The number of anilines is 1. The van der Waals surface area contributed by atoms with Crippen molar-refractivity contribution in [3.8, 4) is 0 Å². The van der Waals surface area contributed by atoms with Gasteiger partial charge in [-0.2, -0.15) is 0 Å². The number of nitrogens with one attached hydrogen (secondary N) is 2. The average molecular weight is 362 g/mol. The fourth-order valence-corrected chi connectivity index (χ4v) is 5.76. The van der Waals surface area contributed by atoms with Gasteiger partial charge in [0.25, 0.3) is 5.91 Å². The normalized spacial score (nSPS) is 21.7. The number of rotatable bonds is 2. The summed E-state index contributed by atoms with van der Waals surface area (Å²) >= 11 is 1.79. The zero-order valence-electron chi connectivity index (χ0n) is 14.8. The van der Waals surface area contributed by atoms with Gasteiger partial charge in [-0.25, -0.2) is 0 Å². The quantitative estimate of drug-likeness (QED) is 0.652. The molecule has 2 N–H and O–H groups in total. The summed E-state index contributed by atoms with van der Waals surface area (Å²) in [5.74, 6) is 0.837. The van der Waals surface area contributed by atoms with Gasteiger partial charge in [0.15, 0.2) is 0 Å². The molecule has 132 valence electrons. The van der Waals surface area contributed by atoms with Crippen LogP contribution in [0.3, 0.4) is 0 Å². The van der Waals surface area contributed by atoms with Crippen LogP contribution >= 0.6 is 11.3 Å². The van der Waals surface area contributed by atoms with E-state index in [1.165, 1.54) is 34.1 Å². The highest BCUT2D eigenvalue weighted by molar-refractivity contribution is 7.16. The summed E-state index contributed by atoms with van der Waals surface area (Å²) in [6, 6.07) is 14.6. The molecule has 3 nitrogen and oxygen atoms in total. The van der Waals surface area contributed by atoms with Crippen molar-refractivity contribution in [2.45, 2.75) is 38.8 Å². The highest BCUT2D eigenvalue weighted by Crippen LogP contribution is 2.43. The predicted octanol–water partition coefficient (Wildman–Crippen LogP) is 5.27. The van der Waals surface area contributed by atoms with Gasteiger partial charge in [-0.15, -0.1) is 11.3 Å². The van der Waals surface area contributed by atoms with E-state index >= 15 is 0 Å². The van der Waals surface area contributed by atoms with Gasteiger partial charge >= 0.3 is 0 Å². The molecule has 0 saturated heterocycles. The molecule has 2 aromatic carbocycles. The first-order valence-corrected chi connectivity index (χ1v) is 10.3. The van der Waals surface area contributed by atoms with Crippen LogP contribution in [0.1, 0.15) is 52.3 Å². The molecule has 1 aliphatic heterocycles. The SMILES string of the molecule is CC[C@@H]1CCc2c(sc3c2C(=O)N[C@@H](c2cccc4ccccc24)N3)C1. The highest BCUT2D eigenvalue weighted by atomic mass is 32.1. The lowest BCUT2D eigenvalue weighted by atomic mass is 9.85. The third-order valence-corrected chi connectivity index (χ3v) is 7.04. The lowest BCUT2D eigenvalue weighted by Crippen LogP contribution is -2.38. The number of benzene rings is 2. The van der Waals surface area contributed by atoms with E-state index in [1.807, 2.05) is 0 Å². The Kier molecular flexibility index (Phi) is 3.75. The van der Waals surface area contributed by atoms with Crippen LogP contribution in [-0.4, -0.2) is 5.91 Å². The molecule has 2 atom stereocenters. The first-order valence-electron chi connectivity index (χ1n) is 9.44. The molecule has 0 saturated carbocycles. The Bertz CT molecular complexity index is 1000. The maximum Gasteiger partial charge on any atom is 0.256 e. The second kappa shape index (κ2) is 6.13. The molecule has 0 unspecified atom stereocenters. The lowest BCUT2D eigenvalue weighted by molar-refractivity contribution is 0.0935. The van der Waals surface area contributed by atoms with E-state index in [-0.39, 0.29) is 12.1 Å². The van der Waals surface area contributed by atoms with Gasteiger partial charge in [0.1, 0.15) is 11.2 Å². The third-order valence-electron chi connectivity index (χ3n) is 5.86. The molecule has 2 aliphatic rings. The summed E-state index contributed by atoms with van der Waals surface area (Å²) in [6.07, 6.45) is 4.40. The van der Waals surface area contributed by atoms with Crippen molar-refractivity contribution < 1.29 is 4.79 Å². The van der Waals surface area contributed by atoms with Crippen LogP contribution in [0.25, 0.3) is 10.8 Å². The van der Waals surface area contributed by atoms with Crippen LogP contribution in [0.4, 0.5) is 5.00 Å². The Morgan fingerprint density at radius 2 is 1.96 bits per heavy atom. The van der Waals surface area contributed by atoms with E-state index < -0.39 is 0 Å². The third kappa shape index (κ3) is 2.43. The second-order valence-electron chi connectivity index (χ2n) is 7.34. The van der Waals surface area contributed by atoms with Crippen molar-refractivity contribution in [1.29, 1.82) is 0 Å². The molecular formula is C22H22N2OS. The summed E-state index contributed by atoms with van der Waals surface area (Å²) < 4.78 is 0. The van der Waals surface area contributed by atoms with E-state index in [0.29, 0.717) is 0 Å². The molecule has 1 aliphatic carbocycles. The summed E-state index contributed by atoms with van der Waals surface area (Å²) in [6.45, 7) is 2.27. The molecule has 1 aromatic heterocycles. The first kappa shape index (κ1) is 15.9. The van der Waals surface area contributed by atoms with Gasteiger partial charge in [-0.1, -0.05) is 55.8 Å². The summed E-state index contributed by atoms with van der Waals surface area (Å²) in [7, 11) is 0. The molecule has 0 radical (unpaired) electrons. The Labute approximate surface area is 157 Å². The molecule has 1 amide bonds. The zero-order chi connectivity index (χ0) is 17.7. The van der Waals surface area contributed by atoms with Gasteiger partial charge in [0.05, 0.1) is 5.56 Å². The number of fused-ring (bicyclic) bond motifs is 4. The Morgan fingerprint density at radius 1 is 1.12 bits per heavy atom. The lowest BCUT2D eigenvalue weighted by Gasteiger charge is -2.28. The molecule has 26 heavy (non-hydrogen) atoms. The molecule has 0 fully saturated rings. The van der Waals surface area contributed by atoms with Crippen LogP contribution in [-0.2, 0) is 12.8 Å². The average Bonchev–Trinajstić information content (AvgIpc) is 3.05. The molecule has 3 aromatic rings. The predicted molar refractivity (Wildman–Crippen MR) is 108 cm³/mol. The molecule has 2 heterocycles. The van der Waals surface area contributed by atoms with Crippen molar-refractivity contribution in [2.75, 3.05) is 5.32 Å². The van der Waals surface area contributed by atoms with Crippen LogP contribution in [0.2, 0.25) is 0 Å². The Balaban J connectivity index is 1.55. The van der Waals surface area contributed by atoms with Gasteiger partial charge in [0, 0.05) is 10.4 Å². The Morgan fingerprint density at radius 3 is 2.85 bits per heavy atom. The molecular weight excluding hydrogens is 340 g/mol. The fourth-order valence-electron chi connectivity index (χ4n) is 4.37. The van der Waals surface area contributed by atoms with E-state index in [0.717, 1.165) is 34.9 Å². The zero-order valence-corrected chi connectivity index (χ0v) is 15.7. The number of hydrogen-bond donors (Lipinski definition) is 2. The smallest absolute Gasteiger partial charge is 0.256 e. The molecule has 0 bridgehead atoms. The molecule has 5 rings (SSSR count). The van der Waals surface area contributed by atoms with E-state index in [2.05, 4.69) is 60.0 Å². The van der Waals surface area contributed by atoms with Gasteiger partial charge in [0.2, 0.25) is 0 Å². The monoisotopic (exact) mass is 362 g/mol. The minimum Gasteiger partial charge on any atom is -0.353 e. The minimum absolute atomic E-state index is 0.0733. The summed E-state index contributed by atoms with van der Waals surface area (Å²) in [5.41, 5.74) is 3.31. The second-order valence-corrected chi connectivity index (χ2v) is 8.45. The van der Waals surface area contributed by atoms with E-state index in [1.54, 1.807) is 11.3 Å². The number of carbonyl (C=O) groups excluding carboxylic acids is 1. The largest absolute Gasteiger partial charge is 0.353 e. The number of thiophene rings is 1. The van der Waals surface area contributed by atoms with Crippen molar-refractivity contribution in [2.24, 2.45) is 5.92 Å². The minimum atomic E-state index is -0.178. The highest BCUT2D eigenvalue weighted by Gasteiger charge is 2.33. The maximum atomic E-state index is 12.9. The first-order chi connectivity index (χ1) is 12.7. The number of carbonyl (C=O) groups is 1.